The number of nitrogens with one attached hydrogen (secondary N) is 6. The molecule has 14 aromatic rings. The minimum absolute atomic E-state index is 0.0531. The molecule has 15 rings (SSSR count). The average Bonchev–Trinajstić information content (AvgIpc) is 2.20. The van der Waals surface area contributed by atoms with E-state index in [1.54, 1.807) is 45.7 Å². The molecule has 0 aliphatic carbocycles. The predicted octanol–water partition coefficient (Wildman–Crippen LogP) is 8.56. The van der Waals surface area contributed by atoms with Crippen molar-refractivity contribution in [3.05, 3.63) is 196 Å². The van der Waals surface area contributed by atoms with Gasteiger partial charge in [0.15, 0.2) is 11.5 Å². The van der Waals surface area contributed by atoms with Crippen molar-refractivity contribution < 1.29 is 23.9 Å². The number of nitro groups is 1. The summed E-state index contributed by atoms with van der Waals surface area (Å²) in [6.07, 6.45) is 7.18. The van der Waals surface area contributed by atoms with Crippen LogP contribution >= 0.6 is 11.6 Å². The summed E-state index contributed by atoms with van der Waals surface area (Å²) >= 11 is 5.94. The molecular formula is C58H50ClN27O6. The van der Waals surface area contributed by atoms with Crippen molar-refractivity contribution in [2.45, 2.75) is 20.8 Å². The third kappa shape index (κ3) is 16.1. The van der Waals surface area contributed by atoms with Gasteiger partial charge in [0.25, 0.3) is 5.69 Å². The van der Waals surface area contributed by atoms with Crippen LogP contribution in [0.5, 0.6) is 23.0 Å². The minimum atomic E-state index is -0.432. The molecule has 0 saturated heterocycles. The SMILES string of the molecule is COc1cc(-c2nn[nH]n2)cc(OC)c1C.Cc1ccc(-c2nn[nH]n2)cc1Cl.Cc1ccc(-c2nn[nH]n2)cc1[N+](=O)[O-].c1cc2c(cc1-c1nn[nH]n1)OCO2.c1cncc(-c2ccc(-c3nn[nH]n3)cc2)c1.c1cncc(-c2cccc(-c3nn[nH]n3)c2)c1. The van der Waals surface area contributed by atoms with Gasteiger partial charge < -0.3 is 18.9 Å². The largest absolute Gasteiger partial charge is 0.496 e. The summed E-state index contributed by atoms with van der Waals surface area (Å²) in [5, 5.41) is 93.2. The second-order valence-electron chi connectivity index (χ2n) is 18.9. The number of ether oxygens (including phenoxy) is 4. The third-order valence-corrected chi connectivity index (χ3v) is 13.5. The molecule has 6 N–H and O–H groups in total. The molecular weight excluding hydrogens is 1210 g/mol. The number of aryl methyl sites for hydroxylation is 2. The lowest BCUT2D eigenvalue weighted by molar-refractivity contribution is -0.385. The number of hydrogen-bond donors (Lipinski definition) is 6. The summed E-state index contributed by atoms with van der Waals surface area (Å²) in [5.74, 6) is 6.08. The van der Waals surface area contributed by atoms with E-state index in [1.807, 2.05) is 148 Å². The van der Waals surface area contributed by atoms with Crippen molar-refractivity contribution in [2.24, 2.45) is 0 Å². The molecule has 0 saturated carbocycles. The van der Waals surface area contributed by atoms with E-state index in [1.165, 1.54) is 6.07 Å². The lowest BCUT2D eigenvalue weighted by atomic mass is 10.0. The van der Waals surface area contributed by atoms with E-state index in [0.717, 1.165) is 78.4 Å². The molecule has 0 fully saturated rings. The van der Waals surface area contributed by atoms with Crippen molar-refractivity contribution in [3.63, 3.8) is 0 Å². The van der Waals surface area contributed by atoms with E-state index >= 15 is 0 Å². The second-order valence-corrected chi connectivity index (χ2v) is 19.3. The van der Waals surface area contributed by atoms with Gasteiger partial charge in [-0.2, -0.15) is 31.3 Å². The fraction of sp³-hybridized carbons (Fsp3) is 0.103. The minimum Gasteiger partial charge on any atom is -0.496 e. The number of nitro benzene ring substituents is 1. The molecule has 34 heteroatoms. The Kier molecular flexibility index (Phi) is 20.6. The monoisotopic (exact) mass is 1260 g/mol. The van der Waals surface area contributed by atoms with Crippen LogP contribution in [0, 0.1) is 30.9 Å². The Morgan fingerprint density at radius 3 is 1.29 bits per heavy atom. The van der Waals surface area contributed by atoms with E-state index in [2.05, 4.69) is 134 Å². The van der Waals surface area contributed by atoms with Gasteiger partial charge in [-0.3, -0.25) is 20.1 Å². The zero-order valence-corrected chi connectivity index (χ0v) is 49.8. The van der Waals surface area contributed by atoms with Crippen molar-refractivity contribution in [1.29, 1.82) is 0 Å². The second kappa shape index (κ2) is 30.5. The molecule has 0 bridgehead atoms. The number of aromatic nitrogens is 26. The Morgan fingerprint density at radius 1 is 0.424 bits per heavy atom. The van der Waals surface area contributed by atoms with Crippen LogP contribution in [0.1, 0.15) is 16.7 Å². The Bertz CT molecular complexity index is 4510. The molecule has 0 amide bonds. The van der Waals surface area contributed by atoms with Crippen molar-refractivity contribution in [2.75, 3.05) is 21.0 Å². The quantitative estimate of drug-likeness (QED) is 0.0521. The normalized spacial score (nSPS) is 10.7. The lowest BCUT2D eigenvalue weighted by Crippen LogP contribution is -1.94. The zero-order chi connectivity index (χ0) is 64.0. The molecule has 460 valence electrons. The summed E-state index contributed by atoms with van der Waals surface area (Å²) < 4.78 is 20.9. The van der Waals surface area contributed by atoms with Crippen LogP contribution in [0.3, 0.4) is 0 Å². The van der Waals surface area contributed by atoms with E-state index < -0.39 is 4.92 Å². The third-order valence-electron chi connectivity index (χ3n) is 13.1. The van der Waals surface area contributed by atoms with Gasteiger partial charge in [0.1, 0.15) is 11.5 Å². The standard InChI is InChI=1S/2C12H9N5.C10H12N4O2.C8H7ClN4.C8H7N5O2.C8H6N4O2/c1-3-9(11-5-2-6-13-8-11)7-10(4-1)12-14-16-17-15-12;1-2-11(8-13-7-1)9-3-5-10(6-4-9)12-14-16-17-15-12;1-6-8(15-2)4-7(5-9(6)16-3)10-11-13-14-12-10;1-5-2-3-6(4-7(5)9)8-10-12-13-11-8;1-5-2-3-6(4-7(5)13(14)15)8-9-11-12-10-8;1-2-6-7(14-4-13-6)3-5(1)8-9-11-12-10-8/h2*1-8H,(H,14,15,16,17);4-5H,1-3H3,(H,11,12,13,14);2-4H,1H3,(H,10,11,12,13);2-4H,1H3,(H,9,10,11,12);1-3H,4H2,(H,9,10,11,12). The summed E-state index contributed by atoms with van der Waals surface area (Å²) in [6, 6.07) is 43.5. The molecule has 0 atom stereocenters. The maximum atomic E-state index is 10.7. The van der Waals surface area contributed by atoms with Gasteiger partial charge in [0.05, 0.1) is 19.1 Å². The highest BCUT2D eigenvalue weighted by Crippen LogP contribution is 2.36. The van der Waals surface area contributed by atoms with Crippen LogP contribution in [-0.2, 0) is 0 Å². The van der Waals surface area contributed by atoms with Gasteiger partial charge in [0, 0.05) is 85.9 Å². The molecule has 1 aliphatic heterocycles. The molecule has 0 spiro atoms. The molecule has 9 heterocycles. The fourth-order valence-corrected chi connectivity index (χ4v) is 8.53. The summed E-state index contributed by atoms with van der Waals surface area (Å²) in [5.41, 5.74) is 11.9. The van der Waals surface area contributed by atoms with Gasteiger partial charge in [-0.15, -0.1) is 61.2 Å². The number of tetrazole rings is 6. The maximum Gasteiger partial charge on any atom is 0.273 e. The Hall–Kier alpha value is -13.1. The number of hydrogen-bond acceptors (Lipinski definition) is 26. The number of benzene rings is 6. The Morgan fingerprint density at radius 2 is 0.826 bits per heavy atom. The van der Waals surface area contributed by atoms with E-state index in [9.17, 15) is 10.1 Å². The van der Waals surface area contributed by atoms with Gasteiger partial charge in [-0.05, 0) is 129 Å². The van der Waals surface area contributed by atoms with Crippen molar-refractivity contribution in [1.82, 2.24) is 134 Å². The number of pyridine rings is 2. The number of fused-ring (bicyclic) bond motifs is 1. The molecule has 0 radical (unpaired) electrons. The van der Waals surface area contributed by atoms with Crippen LogP contribution < -0.4 is 18.9 Å². The van der Waals surface area contributed by atoms with Crippen LogP contribution in [-0.4, -0.2) is 160 Å². The lowest BCUT2D eigenvalue weighted by Gasteiger charge is -2.10. The van der Waals surface area contributed by atoms with Crippen molar-refractivity contribution >= 4 is 17.3 Å². The molecule has 33 nitrogen and oxygen atoms in total. The molecule has 92 heavy (non-hydrogen) atoms. The van der Waals surface area contributed by atoms with Gasteiger partial charge in [-0.25, -0.2) is 0 Å². The fourth-order valence-electron chi connectivity index (χ4n) is 8.35. The Balaban J connectivity index is 0.000000121. The summed E-state index contributed by atoms with van der Waals surface area (Å²) in [4.78, 5) is 18.5. The first-order valence-corrected chi connectivity index (χ1v) is 27.5. The summed E-state index contributed by atoms with van der Waals surface area (Å²) in [6.45, 7) is 5.82. The predicted molar refractivity (Wildman–Crippen MR) is 329 cm³/mol. The first kappa shape index (κ1) is 62.0. The number of rotatable bonds is 11. The van der Waals surface area contributed by atoms with Crippen LogP contribution in [0.15, 0.2) is 164 Å². The van der Waals surface area contributed by atoms with Crippen molar-refractivity contribution in [3.8, 4) is 114 Å². The zero-order valence-electron chi connectivity index (χ0n) is 49.0. The highest BCUT2D eigenvalue weighted by Gasteiger charge is 2.17. The number of nitrogens with zero attached hydrogens (tertiary/aromatic N) is 21. The Labute approximate surface area is 524 Å². The smallest absolute Gasteiger partial charge is 0.273 e. The van der Waals surface area contributed by atoms with Crippen LogP contribution in [0.4, 0.5) is 5.69 Å². The topological polar surface area (TPSA) is 433 Å². The first-order chi connectivity index (χ1) is 45.0. The maximum absolute atomic E-state index is 10.7. The van der Waals surface area contributed by atoms with Crippen LogP contribution in [0.2, 0.25) is 5.02 Å². The number of aromatic amines is 6. The van der Waals surface area contributed by atoms with Gasteiger partial charge in [-0.1, -0.05) is 90.5 Å². The molecule has 8 aromatic heterocycles. The van der Waals surface area contributed by atoms with E-state index in [4.69, 9.17) is 30.5 Å². The number of H-pyrrole nitrogens is 6. The average molecular weight is 1260 g/mol. The highest BCUT2D eigenvalue weighted by molar-refractivity contribution is 6.31. The van der Waals surface area contributed by atoms with Gasteiger partial charge in [0.2, 0.25) is 41.7 Å². The summed E-state index contributed by atoms with van der Waals surface area (Å²) in [7, 11) is 3.23. The molecule has 0 unspecified atom stereocenters. The first-order valence-electron chi connectivity index (χ1n) is 27.1. The van der Waals surface area contributed by atoms with Crippen LogP contribution in [0.25, 0.3) is 90.6 Å². The molecule has 6 aromatic carbocycles. The highest BCUT2D eigenvalue weighted by atomic mass is 35.5. The van der Waals surface area contributed by atoms with E-state index in [-0.39, 0.29) is 12.5 Å². The number of halogens is 1. The van der Waals surface area contributed by atoms with E-state index in [0.29, 0.717) is 56.8 Å². The van der Waals surface area contributed by atoms with Gasteiger partial charge >= 0.3 is 0 Å². The number of methoxy groups -OCH3 is 2. The molecule has 1 aliphatic rings.